The normalized spacial score (nSPS) is 9.00. The maximum atomic E-state index is 12.1. The molecule has 2 rings (SSSR count). The second-order valence-electron chi connectivity index (χ2n) is 3.82. The van der Waals surface area contributed by atoms with E-state index in [1.807, 2.05) is 30.3 Å². The summed E-state index contributed by atoms with van der Waals surface area (Å²) in [6, 6.07) is 16.5. The molecule has 0 aliphatic carbocycles. The van der Waals surface area contributed by atoms with Crippen LogP contribution in [0, 0.1) is 0 Å². The van der Waals surface area contributed by atoms with Crippen LogP contribution in [-0.4, -0.2) is 31.8 Å². The minimum Gasteiger partial charge on any atom is -0.870 e. The van der Waals surface area contributed by atoms with E-state index in [4.69, 9.17) is 7.85 Å². The summed E-state index contributed by atoms with van der Waals surface area (Å²) in [5.41, 5.74) is 2.16. The molecule has 0 unspecified atom stereocenters. The molecule has 0 spiro atoms. The van der Waals surface area contributed by atoms with Crippen LogP contribution in [0.4, 0.5) is 5.69 Å². The van der Waals surface area contributed by atoms with Crippen molar-refractivity contribution in [3.8, 4) is 0 Å². The minimum atomic E-state index is -0.0452. The van der Waals surface area contributed by atoms with Crippen molar-refractivity contribution >= 4 is 24.9 Å². The fraction of sp³-hybridized carbons (Fsp3) is 0.0714. The fourth-order valence-electron chi connectivity index (χ4n) is 1.59. The topological polar surface area (TPSA) is 80.3 Å². The summed E-state index contributed by atoms with van der Waals surface area (Å²) >= 11 is 0. The van der Waals surface area contributed by atoms with E-state index in [1.54, 1.807) is 36.2 Å². The quantitative estimate of drug-likeness (QED) is 0.760. The number of hydrogen-bond acceptors (Lipinski definition) is 3. The first kappa shape index (κ1) is 16.9. The van der Waals surface area contributed by atoms with Crippen molar-refractivity contribution in [1.82, 2.24) is 0 Å². The number of hydrogen-bond donors (Lipinski definition) is 0. The van der Waals surface area contributed by atoms with Gasteiger partial charge in [0, 0.05) is 0 Å². The molecule has 0 atom stereocenters. The molecule has 2 aromatic rings. The Morgan fingerprint density at radius 1 is 0.947 bits per heavy atom. The third-order valence-electron chi connectivity index (χ3n) is 2.61. The summed E-state index contributed by atoms with van der Waals surface area (Å²) in [5.74, 6) is -0.0452. The zero-order valence-corrected chi connectivity index (χ0v) is 10.5. The smallest absolute Gasteiger partial charge is 0.870 e. The van der Waals surface area contributed by atoms with Gasteiger partial charge in [-0.05, 0) is 0 Å². The maximum Gasteiger partial charge on any atom is -0.870 e. The van der Waals surface area contributed by atoms with Crippen molar-refractivity contribution < 1.29 is 15.7 Å². The molecule has 2 aromatic carbocycles. The molecule has 0 saturated heterocycles. The molecule has 0 heterocycles. The van der Waals surface area contributed by atoms with E-state index in [9.17, 15) is 4.79 Å². The van der Waals surface area contributed by atoms with Gasteiger partial charge in [-0.2, -0.15) is 0 Å². The van der Waals surface area contributed by atoms with Crippen LogP contribution < -0.4 is 10.4 Å². The predicted molar refractivity (Wildman–Crippen MR) is 74.9 cm³/mol. The molecule has 0 aliphatic heterocycles. The fourth-order valence-corrected chi connectivity index (χ4v) is 1.59. The second kappa shape index (κ2) is 7.36. The Labute approximate surface area is 113 Å². The van der Waals surface area contributed by atoms with Crippen LogP contribution in [0.1, 0.15) is 10.4 Å². The summed E-state index contributed by atoms with van der Waals surface area (Å²) in [6.45, 7) is 0. The van der Waals surface area contributed by atoms with Gasteiger partial charge in [-0.15, -0.1) is 0 Å². The SMILES string of the molecule is [B+2]c1ccc(C(=O)N(C)c2ccccc2)cc1.[OH-].[OH-]. The molecule has 5 heteroatoms. The van der Waals surface area contributed by atoms with Gasteiger partial charge < -0.3 is 11.0 Å². The predicted octanol–water partition coefficient (Wildman–Crippen LogP) is 1.40. The van der Waals surface area contributed by atoms with Crippen LogP contribution in [0.5, 0.6) is 0 Å². The second-order valence-corrected chi connectivity index (χ2v) is 3.82. The zero-order valence-electron chi connectivity index (χ0n) is 10.5. The van der Waals surface area contributed by atoms with Crippen LogP contribution in [-0.2, 0) is 0 Å². The van der Waals surface area contributed by atoms with Gasteiger partial charge in [0.15, 0.2) is 0 Å². The van der Waals surface area contributed by atoms with Crippen molar-refractivity contribution in [2.75, 3.05) is 11.9 Å². The van der Waals surface area contributed by atoms with Crippen LogP contribution in [0.25, 0.3) is 0 Å². The molecule has 1 amide bonds. The molecule has 0 aromatic heterocycles. The van der Waals surface area contributed by atoms with Gasteiger partial charge in [-0.1, -0.05) is 0 Å². The molecule has 2 N–H and O–H groups in total. The molecule has 0 radical (unpaired) electrons. The number of amides is 1. The van der Waals surface area contributed by atoms with Crippen LogP contribution >= 0.6 is 0 Å². The van der Waals surface area contributed by atoms with E-state index in [-0.39, 0.29) is 16.9 Å². The van der Waals surface area contributed by atoms with Crippen molar-refractivity contribution in [2.45, 2.75) is 0 Å². The van der Waals surface area contributed by atoms with Gasteiger partial charge in [0.05, 0.1) is 0 Å². The Bertz CT molecular complexity index is 514. The summed E-state index contributed by atoms with van der Waals surface area (Å²) in [7, 11) is 7.35. The standard InChI is InChI=1S/C14H12BNO.2H2O/c1-16(13-5-3-2-4-6-13)14(17)11-7-9-12(15)10-8-11;;/h2-10H,1H3;2*1H2/q+2;;/p-2. The summed E-state index contributed by atoms with van der Waals surface area (Å²) in [5, 5.41) is 0. The van der Waals surface area contributed by atoms with Crippen molar-refractivity contribution in [2.24, 2.45) is 0 Å². The Balaban J connectivity index is 0.00000162. The van der Waals surface area contributed by atoms with Gasteiger partial charge in [0.25, 0.3) is 0 Å². The molecule has 96 valence electrons. The average Bonchev–Trinajstić information content (AvgIpc) is 2.39. The first-order valence-electron chi connectivity index (χ1n) is 5.37. The van der Waals surface area contributed by atoms with Gasteiger partial charge >= 0.3 is 102 Å². The number of carbonyl (C=O) groups excluding carboxylic acids is 1. The number of para-hydroxylation sites is 1. The largest absolute Gasteiger partial charge is 0.870 e. The van der Waals surface area contributed by atoms with Crippen molar-refractivity contribution in [1.29, 1.82) is 0 Å². The monoisotopic (exact) mass is 255 g/mol. The molecular formula is C14H14BNO3. The van der Waals surface area contributed by atoms with Crippen LogP contribution in [0.15, 0.2) is 54.6 Å². The average molecular weight is 255 g/mol. The van der Waals surface area contributed by atoms with Gasteiger partial charge in [-0.3, -0.25) is 0 Å². The van der Waals surface area contributed by atoms with E-state index in [2.05, 4.69) is 0 Å². The zero-order chi connectivity index (χ0) is 12.3. The van der Waals surface area contributed by atoms with E-state index in [0.29, 0.717) is 11.0 Å². The van der Waals surface area contributed by atoms with E-state index in [0.717, 1.165) is 5.69 Å². The van der Waals surface area contributed by atoms with Crippen LogP contribution in [0.3, 0.4) is 0 Å². The summed E-state index contributed by atoms with van der Waals surface area (Å²) in [4.78, 5) is 13.8. The first-order valence-corrected chi connectivity index (χ1v) is 5.37. The third-order valence-corrected chi connectivity index (χ3v) is 2.61. The number of benzene rings is 2. The maximum absolute atomic E-state index is 12.1. The van der Waals surface area contributed by atoms with Gasteiger partial charge in [0.2, 0.25) is 0 Å². The first-order chi connectivity index (χ1) is 8.18. The molecule has 0 aliphatic rings. The van der Waals surface area contributed by atoms with E-state index >= 15 is 0 Å². The van der Waals surface area contributed by atoms with Crippen molar-refractivity contribution in [3.05, 3.63) is 60.2 Å². The Morgan fingerprint density at radius 3 is 2.00 bits per heavy atom. The minimum absolute atomic E-state index is 0. The number of carbonyl (C=O) groups is 1. The van der Waals surface area contributed by atoms with Crippen LogP contribution in [0.2, 0.25) is 0 Å². The molecule has 4 nitrogen and oxygen atoms in total. The number of rotatable bonds is 2. The van der Waals surface area contributed by atoms with Gasteiger partial charge in [0.1, 0.15) is 0 Å². The Morgan fingerprint density at radius 2 is 1.47 bits per heavy atom. The Kier molecular flexibility index (Phi) is 6.54. The third kappa shape index (κ3) is 3.94. The molecule has 0 fully saturated rings. The number of anilines is 1. The molecular weight excluding hydrogens is 241 g/mol. The summed E-state index contributed by atoms with van der Waals surface area (Å²) in [6.07, 6.45) is 0. The van der Waals surface area contributed by atoms with E-state index in [1.165, 1.54) is 0 Å². The molecule has 0 saturated carbocycles. The van der Waals surface area contributed by atoms with E-state index < -0.39 is 0 Å². The summed E-state index contributed by atoms with van der Waals surface area (Å²) < 4.78 is 0. The Hall–Kier alpha value is -2.11. The molecule has 19 heavy (non-hydrogen) atoms. The molecule has 0 bridgehead atoms. The van der Waals surface area contributed by atoms with Crippen molar-refractivity contribution in [3.63, 3.8) is 0 Å². The van der Waals surface area contributed by atoms with Gasteiger partial charge in [-0.25, -0.2) is 0 Å². The number of nitrogens with zero attached hydrogens (tertiary/aromatic N) is 1.